The molecule has 2 aliphatic heterocycles. The van der Waals surface area contributed by atoms with E-state index in [1.54, 1.807) is 64.4 Å². The monoisotopic (exact) mass is 477 g/mol. The lowest BCUT2D eigenvalue weighted by atomic mass is 10.1. The third-order valence-electron chi connectivity index (χ3n) is 5.65. The molecule has 0 unspecified atom stereocenters. The van der Waals surface area contributed by atoms with Gasteiger partial charge in [-0.3, -0.25) is 14.4 Å². The zero-order chi connectivity index (χ0) is 23.7. The molecule has 0 atom stereocenters. The normalized spacial score (nSPS) is 16.6. The van der Waals surface area contributed by atoms with Crippen LogP contribution in [-0.4, -0.2) is 53.7 Å². The predicted molar refractivity (Wildman–Crippen MR) is 126 cm³/mol. The van der Waals surface area contributed by atoms with Crippen LogP contribution >= 0.6 is 11.6 Å². The summed E-state index contributed by atoms with van der Waals surface area (Å²) in [5.41, 5.74) is 1.58. The van der Waals surface area contributed by atoms with E-state index in [2.05, 4.69) is 5.32 Å². The van der Waals surface area contributed by atoms with E-state index in [4.69, 9.17) is 20.8 Å². The van der Waals surface area contributed by atoms with Crippen LogP contribution in [0.4, 0.5) is 5.69 Å². The first-order chi connectivity index (χ1) is 16.5. The van der Waals surface area contributed by atoms with Crippen LogP contribution in [0.15, 0.2) is 71.0 Å². The standard InChI is InChI=1S/C25H20ClN3O5/c26-18-4-1-3-16(13-18)14-22-23(30)27-19-15-17(6-7-20(19)34-22)24(31)28-8-10-29(11-9-28)25(32)21-5-2-12-33-21/h1-7,12-15H,8-11H2,(H,27,30)/b22-14+. The summed E-state index contributed by atoms with van der Waals surface area (Å²) in [5.74, 6) is 0.0791. The number of anilines is 1. The van der Waals surface area contributed by atoms with Gasteiger partial charge in [-0.15, -0.1) is 0 Å². The van der Waals surface area contributed by atoms with Crippen LogP contribution in [0.2, 0.25) is 5.02 Å². The van der Waals surface area contributed by atoms with Gasteiger partial charge in [0.25, 0.3) is 17.7 Å². The number of halogens is 1. The number of amides is 3. The maximum atomic E-state index is 13.0. The predicted octanol–water partition coefficient (Wildman–Crippen LogP) is 3.90. The number of piperazine rings is 1. The second kappa shape index (κ2) is 9.07. The van der Waals surface area contributed by atoms with Gasteiger partial charge >= 0.3 is 0 Å². The Bertz CT molecular complexity index is 1290. The van der Waals surface area contributed by atoms with Crippen molar-refractivity contribution < 1.29 is 23.5 Å². The number of rotatable bonds is 3. The Hall–Kier alpha value is -4.04. The molecule has 0 aliphatic carbocycles. The van der Waals surface area contributed by atoms with Gasteiger partial charge in [0, 0.05) is 36.8 Å². The average molecular weight is 478 g/mol. The number of nitrogens with one attached hydrogen (secondary N) is 1. The molecular weight excluding hydrogens is 458 g/mol. The van der Waals surface area contributed by atoms with Crippen LogP contribution < -0.4 is 10.1 Å². The number of nitrogens with zero attached hydrogens (tertiary/aromatic N) is 2. The molecule has 3 aromatic rings. The van der Waals surface area contributed by atoms with Crippen LogP contribution in [-0.2, 0) is 4.79 Å². The minimum atomic E-state index is -0.415. The molecule has 0 radical (unpaired) electrons. The Labute approximate surface area is 200 Å². The summed E-state index contributed by atoms with van der Waals surface area (Å²) >= 11 is 6.01. The molecule has 3 amide bonds. The lowest BCUT2D eigenvalue weighted by molar-refractivity contribution is -0.115. The zero-order valence-electron chi connectivity index (χ0n) is 18.0. The fourth-order valence-corrected chi connectivity index (χ4v) is 4.09. The summed E-state index contributed by atoms with van der Waals surface area (Å²) in [6.07, 6.45) is 3.06. The van der Waals surface area contributed by atoms with Crippen molar-refractivity contribution in [2.45, 2.75) is 0 Å². The summed E-state index contributed by atoms with van der Waals surface area (Å²) in [6, 6.07) is 15.3. The number of fused-ring (bicyclic) bond motifs is 1. The van der Waals surface area contributed by atoms with E-state index in [-0.39, 0.29) is 23.3 Å². The highest BCUT2D eigenvalue weighted by Crippen LogP contribution is 2.33. The maximum Gasteiger partial charge on any atom is 0.291 e. The smallest absolute Gasteiger partial charge is 0.291 e. The van der Waals surface area contributed by atoms with Gasteiger partial charge in [0.05, 0.1) is 12.0 Å². The van der Waals surface area contributed by atoms with Gasteiger partial charge in [-0.1, -0.05) is 23.7 Å². The van der Waals surface area contributed by atoms with E-state index in [1.165, 1.54) is 6.26 Å². The molecule has 9 heteroatoms. The first-order valence-corrected chi connectivity index (χ1v) is 11.1. The fraction of sp³-hybridized carbons (Fsp3) is 0.160. The molecule has 0 spiro atoms. The highest BCUT2D eigenvalue weighted by atomic mass is 35.5. The molecule has 34 heavy (non-hydrogen) atoms. The summed E-state index contributed by atoms with van der Waals surface area (Å²) in [4.78, 5) is 41.4. The minimum Gasteiger partial charge on any atom is -0.459 e. The Morgan fingerprint density at radius 3 is 2.41 bits per heavy atom. The summed E-state index contributed by atoms with van der Waals surface area (Å²) in [7, 11) is 0. The first-order valence-electron chi connectivity index (χ1n) is 10.7. The largest absolute Gasteiger partial charge is 0.459 e. The molecule has 2 aliphatic rings. The van der Waals surface area contributed by atoms with E-state index in [9.17, 15) is 14.4 Å². The van der Waals surface area contributed by atoms with Gasteiger partial charge in [-0.2, -0.15) is 0 Å². The minimum absolute atomic E-state index is 0.131. The second-order valence-electron chi connectivity index (χ2n) is 7.89. The van der Waals surface area contributed by atoms with Gasteiger partial charge in [0.1, 0.15) is 0 Å². The number of furan rings is 1. The van der Waals surface area contributed by atoms with Crippen molar-refractivity contribution in [3.63, 3.8) is 0 Å². The molecule has 2 aromatic carbocycles. The number of hydrogen-bond donors (Lipinski definition) is 1. The lowest BCUT2D eigenvalue weighted by Gasteiger charge is -2.34. The molecule has 1 saturated heterocycles. The number of hydrogen-bond acceptors (Lipinski definition) is 5. The summed E-state index contributed by atoms with van der Waals surface area (Å²) < 4.78 is 10.9. The van der Waals surface area contributed by atoms with Crippen molar-refractivity contribution in [1.82, 2.24) is 9.80 Å². The Balaban J connectivity index is 1.26. The highest BCUT2D eigenvalue weighted by molar-refractivity contribution is 6.30. The van der Waals surface area contributed by atoms with Gasteiger partial charge < -0.3 is 24.3 Å². The molecule has 0 bridgehead atoms. The molecule has 5 rings (SSSR count). The average Bonchev–Trinajstić information content (AvgIpc) is 3.39. The van der Waals surface area contributed by atoms with Crippen molar-refractivity contribution in [2.24, 2.45) is 0 Å². The van der Waals surface area contributed by atoms with Crippen molar-refractivity contribution in [2.75, 3.05) is 31.5 Å². The molecule has 172 valence electrons. The summed E-state index contributed by atoms with van der Waals surface area (Å²) in [5, 5.41) is 3.34. The van der Waals surface area contributed by atoms with Crippen LogP contribution in [0, 0.1) is 0 Å². The van der Waals surface area contributed by atoms with Gasteiger partial charge in [-0.05, 0) is 54.1 Å². The van der Waals surface area contributed by atoms with E-state index in [0.29, 0.717) is 48.2 Å². The molecule has 1 aromatic heterocycles. The van der Waals surface area contributed by atoms with Crippen LogP contribution in [0.25, 0.3) is 6.08 Å². The molecular formula is C25H20ClN3O5. The highest BCUT2D eigenvalue weighted by Gasteiger charge is 2.28. The van der Waals surface area contributed by atoms with Gasteiger partial charge in [0.2, 0.25) is 0 Å². The van der Waals surface area contributed by atoms with Crippen molar-refractivity contribution in [3.05, 3.63) is 88.5 Å². The topological polar surface area (TPSA) is 92.1 Å². The SMILES string of the molecule is O=C1Nc2cc(C(=O)N3CCN(C(=O)c4ccco4)CC3)ccc2O/C1=C/c1cccc(Cl)c1. The van der Waals surface area contributed by atoms with Crippen LogP contribution in [0.1, 0.15) is 26.5 Å². The van der Waals surface area contributed by atoms with Crippen molar-refractivity contribution in [3.8, 4) is 5.75 Å². The molecule has 3 heterocycles. The van der Waals surface area contributed by atoms with Gasteiger partial charge in [0.15, 0.2) is 17.3 Å². The van der Waals surface area contributed by atoms with E-state index < -0.39 is 5.91 Å². The Morgan fingerprint density at radius 2 is 1.71 bits per heavy atom. The fourth-order valence-electron chi connectivity index (χ4n) is 3.89. The number of carbonyl (C=O) groups is 3. The third kappa shape index (κ3) is 4.40. The van der Waals surface area contributed by atoms with E-state index in [1.807, 2.05) is 6.07 Å². The Morgan fingerprint density at radius 1 is 0.941 bits per heavy atom. The van der Waals surface area contributed by atoms with Gasteiger partial charge in [-0.25, -0.2) is 0 Å². The maximum absolute atomic E-state index is 13.0. The number of ether oxygens (including phenoxy) is 1. The Kier molecular flexibility index (Phi) is 5.81. The second-order valence-corrected chi connectivity index (χ2v) is 8.33. The summed E-state index contributed by atoms with van der Waals surface area (Å²) in [6.45, 7) is 1.62. The number of carbonyl (C=O) groups excluding carboxylic acids is 3. The van der Waals surface area contributed by atoms with Crippen molar-refractivity contribution >= 4 is 41.1 Å². The molecule has 1 fully saturated rings. The molecule has 8 nitrogen and oxygen atoms in total. The van der Waals surface area contributed by atoms with E-state index in [0.717, 1.165) is 5.56 Å². The first kappa shape index (κ1) is 21.8. The molecule has 1 N–H and O–H groups in total. The van der Waals surface area contributed by atoms with Crippen LogP contribution in [0.5, 0.6) is 5.75 Å². The quantitative estimate of drug-likeness (QED) is 0.577. The number of benzene rings is 2. The van der Waals surface area contributed by atoms with Crippen molar-refractivity contribution in [1.29, 1.82) is 0 Å². The van der Waals surface area contributed by atoms with E-state index >= 15 is 0 Å². The molecule has 0 saturated carbocycles. The zero-order valence-corrected chi connectivity index (χ0v) is 18.7. The third-order valence-corrected chi connectivity index (χ3v) is 5.89. The van der Waals surface area contributed by atoms with Crippen LogP contribution in [0.3, 0.4) is 0 Å². The lowest BCUT2D eigenvalue weighted by Crippen LogP contribution is -2.50.